The summed E-state index contributed by atoms with van der Waals surface area (Å²) in [5, 5.41) is 3.26. The molecule has 5 rings (SSSR count). The highest BCUT2D eigenvalue weighted by Gasteiger charge is 2.21. The highest BCUT2D eigenvalue weighted by Crippen LogP contribution is 2.34. The number of rotatable bonds is 13. The number of aromatic nitrogens is 2. The average molecular weight is 671 g/mol. The van der Waals surface area contributed by atoms with E-state index in [1.54, 1.807) is 45.5 Å². The number of nitrogens with one attached hydrogen (secondary N) is 1. The molecule has 1 N–H and O–H groups in total. The van der Waals surface area contributed by atoms with E-state index in [9.17, 15) is 4.79 Å². The number of carbonyl (C=O) groups excluding carboxylic acids is 1. The molecule has 1 fully saturated rings. The molecular weight excluding hydrogens is 624 g/mol. The molecule has 1 aromatic heterocycles. The number of aryl methyl sites for hydroxylation is 1. The third-order valence-electron chi connectivity index (χ3n) is 8.69. The molecule has 0 atom stereocenters. The van der Waals surface area contributed by atoms with Gasteiger partial charge in [0, 0.05) is 69.2 Å². The molecule has 260 valence electrons. The Hall–Kier alpha value is -5.07. The largest absolute Gasteiger partial charge is 0.497 e. The summed E-state index contributed by atoms with van der Waals surface area (Å²) >= 11 is 0. The summed E-state index contributed by atoms with van der Waals surface area (Å²) in [6.07, 6.45) is 0.256. The zero-order valence-corrected chi connectivity index (χ0v) is 29.4. The van der Waals surface area contributed by atoms with Crippen molar-refractivity contribution in [1.82, 2.24) is 19.8 Å². The predicted octanol–water partition coefficient (Wildman–Crippen LogP) is 6.18. The first kappa shape index (κ1) is 35.2. The van der Waals surface area contributed by atoms with Crippen LogP contribution in [-0.2, 0) is 0 Å². The molecule has 2 heterocycles. The van der Waals surface area contributed by atoms with E-state index in [1.807, 2.05) is 50.2 Å². The maximum atomic E-state index is 13.4. The second-order valence-corrected chi connectivity index (χ2v) is 12.0. The van der Waals surface area contributed by atoms with Crippen molar-refractivity contribution < 1.29 is 28.5 Å². The smallest absolute Gasteiger partial charge is 0.420 e. The zero-order valence-electron chi connectivity index (χ0n) is 29.4. The summed E-state index contributed by atoms with van der Waals surface area (Å²) in [5.74, 6) is 2.60. The minimum atomic E-state index is -0.668. The number of likely N-dealkylation sites (N-methyl/N-ethyl adjacent to an activating group) is 1. The molecule has 12 nitrogen and oxygen atoms in total. The van der Waals surface area contributed by atoms with Crippen molar-refractivity contribution in [3.8, 4) is 40.1 Å². The van der Waals surface area contributed by atoms with Crippen LogP contribution in [0.25, 0.3) is 11.3 Å². The highest BCUT2D eigenvalue weighted by atomic mass is 16.6. The Kier molecular flexibility index (Phi) is 11.8. The number of benzene rings is 3. The normalized spacial score (nSPS) is 13.4. The van der Waals surface area contributed by atoms with E-state index >= 15 is 0 Å². The average Bonchev–Trinajstić information content (AvgIpc) is 3.11. The van der Waals surface area contributed by atoms with Gasteiger partial charge in [-0.15, -0.1) is 0 Å². The summed E-state index contributed by atoms with van der Waals surface area (Å²) in [6.45, 7) is 10.0. The van der Waals surface area contributed by atoms with Gasteiger partial charge in [-0.3, -0.25) is 4.90 Å². The molecule has 49 heavy (non-hydrogen) atoms. The Morgan fingerprint density at radius 3 is 2.37 bits per heavy atom. The van der Waals surface area contributed by atoms with Gasteiger partial charge in [0.25, 0.3) is 0 Å². The standard InChI is InChI=1S/C37H46N6O6/c1-25-10-8-11-29(26(25)2)30-24-35(49-37(44)42(4)31-23-28(45-5)13-15-32(31)46-6)40-36(39-30)38-27-12-14-33(34(22-27)47-7)48-21-9-16-43-19-17-41(3)18-20-43/h8,10-15,22-24H,9,16-21H2,1-7H3,(H,38,39,40). The Morgan fingerprint density at radius 2 is 1.63 bits per heavy atom. The Balaban J connectivity index is 1.35. The van der Waals surface area contributed by atoms with E-state index in [0.717, 1.165) is 55.8 Å². The predicted molar refractivity (Wildman–Crippen MR) is 191 cm³/mol. The monoisotopic (exact) mass is 670 g/mol. The van der Waals surface area contributed by atoms with Crippen LogP contribution in [0.1, 0.15) is 17.5 Å². The van der Waals surface area contributed by atoms with Crippen LogP contribution in [0, 0.1) is 13.8 Å². The molecule has 0 saturated carbocycles. The topological polar surface area (TPSA) is 111 Å². The van der Waals surface area contributed by atoms with E-state index in [-0.39, 0.29) is 11.8 Å². The van der Waals surface area contributed by atoms with Crippen LogP contribution >= 0.6 is 0 Å². The first-order valence-corrected chi connectivity index (χ1v) is 16.3. The molecule has 0 spiro atoms. The summed E-state index contributed by atoms with van der Waals surface area (Å²) in [7, 11) is 8.45. The number of nitrogens with zero attached hydrogens (tertiary/aromatic N) is 5. The van der Waals surface area contributed by atoms with Crippen molar-refractivity contribution in [3.05, 3.63) is 71.8 Å². The number of carbonyl (C=O) groups is 1. The lowest BCUT2D eigenvalue weighted by Crippen LogP contribution is -2.44. The van der Waals surface area contributed by atoms with Crippen LogP contribution in [0.2, 0.25) is 0 Å². The van der Waals surface area contributed by atoms with Gasteiger partial charge < -0.3 is 38.8 Å². The van der Waals surface area contributed by atoms with Gasteiger partial charge in [-0.2, -0.15) is 4.98 Å². The van der Waals surface area contributed by atoms with Crippen molar-refractivity contribution in [3.63, 3.8) is 0 Å². The van der Waals surface area contributed by atoms with Crippen molar-refractivity contribution in [2.24, 2.45) is 0 Å². The lowest BCUT2D eigenvalue weighted by Gasteiger charge is -2.32. The second kappa shape index (κ2) is 16.4. The molecule has 1 amide bonds. The lowest BCUT2D eigenvalue weighted by molar-refractivity contribution is 0.145. The summed E-state index contributed by atoms with van der Waals surface area (Å²) in [4.78, 5) is 29.0. The van der Waals surface area contributed by atoms with Crippen LogP contribution in [0.5, 0.6) is 28.9 Å². The van der Waals surface area contributed by atoms with E-state index < -0.39 is 6.09 Å². The SMILES string of the molecule is COc1ccc(OC)c(N(C)C(=O)Oc2cc(-c3cccc(C)c3C)nc(Nc3ccc(OCCCN4CCN(C)CC4)c(OC)c3)n2)c1. The third-order valence-corrected chi connectivity index (χ3v) is 8.69. The van der Waals surface area contributed by atoms with E-state index in [4.69, 9.17) is 28.7 Å². The fourth-order valence-electron chi connectivity index (χ4n) is 5.55. The summed E-state index contributed by atoms with van der Waals surface area (Å²) in [5.41, 5.74) is 4.80. The van der Waals surface area contributed by atoms with Crippen LogP contribution < -0.4 is 33.9 Å². The Bertz CT molecular complexity index is 1740. The minimum absolute atomic E-state index is 0.0689. The van der Waals surface area contributed by atoms with Gasteiger partial charge in [0.05, 0.1) is 39.3 Å². The maximum absolute atomic E-state index is 13.4. The Labute approximate surface area is 288 Å². The number of piperazine rings is 1. The fraction of sp³-hybridized carbons (Fsp3) is 0.378. The molecular formula is C37H46N6O6. The number of hydrogen-bond acceptors (Lipinski definition) is 11. The van der Waals surface area contributed by atoms with Crippen molar-refractivity contribution >= 4 is 23.4 Å². The lowest BCUT2D eigenvalue weighted by atomic mass is 10.0. The Morgan fingerprint density at radius 1 is 0.878 bits per heavy atom. The van der Waals surface area contributed by atoms with Gasteiger partial charge in [0.1, 0.15) is 11.5 Å². The fourth-order valence-corrected chi connectivity index (χ4v) is 5.55. The molecule has 0 aliphatic carbocycles. The quantitative estimate of drug-likeness (QED) is 0.165. The van der Waals surface area contributed by atoms with Crippen molar-refractivity contribution in [2.75, 3.05) is 85.0 Å². The third kappa shape index (κ3) is 8.89. The van der Waals surface area contributed by atoms with E-state index in [0.29, 0.717) is 46.7 Å². The number of methoxy groups -OCH3 is 3. The second-order valence-electron chi connectivity index (χ2n) is 12.0. The van der Waals surface area contributed by atoms with Gasteiger partial charge >= 0.3 is 6.09 Å². The molecule has 1 aliphatic heterocycles. The zero-order chi connectivity index (χ0) is 34.9. The van der Waals surface area contributed by atoms with Gasteiger partial charge in [0.15, 0.2) is 11.5 Å². The summed E-state index contributed by atoms with van der Waals surface area (Å²) < 4.78 is 28.4. The number of anilines is 3. The number of hydrogen-bond donors (Lipinski definition) is 1. The van der Waals surface area contributed by atoms with Gasteiger partial charge in [-0.1, -0.05) is 18.2 Å². The molecule has 3 aromatic carbocycles. The van der Waals surface area contributed by atoms with E-state index in [1.165, 1.54) is 12.0 Å². The van der Waals surface area contributed by atoms with Gasteiger partial charge in [-0.25, -0.2) is 9.78 Å². The van der Waals surface area contributed by atoms with E-state index in [2.05, 4.69) is 27.1 Å². The minimum Gasteiger partial charge on any atom is -0.497 e. The molecule has 0 unspecified atom stereocenters. The molecule has 1 saturated heterocycles. The van der Waals surface area contributed by atoms with Gasteiger partial charge in [0.2, 0.25) is 11.8 Å². The van der Waals surface area contributed by atoms with Crippen LogP contribution in [-0.4, -0.2) is 101 Å². The van der Waals surface area contributed by atoms with Crippen LogP contribution in [0.3, 0.4) is 0 Å². The van der Waals surface area contributed by atoms with Gasteiger partial charge in [-0.05, 0) is 62.7 Å². The molecule has 0 bridgehead atoms. The highest BCUT2D eigenvalue weighted by molar-refractivity contribution is 5.90. The number of amides is 1. The van der Waals surface area contributed by atoms with Crippen molar-refractivity contribution in [1.29, 1.82) is 0 Å². The maximum Gasteiger partial charge on any atom is 0.420 e. The molecule has 0 radical (unpaired) electrons. The van der Waals surface area contributed by atoms with Crippen LogP contribution in [0.15, 0.2) is 60.7 Å². The molecule has 1 aliphatic rings. The first-order chi connectivity index (χ1) is 23.7. The number of ether oxygens (including phenoxy) is 5. The van der Waals surface area contributed by atoms with Crippen LogP contribution in [0.4, 0.5) is 22.1 Å². The van der Waals surface area contributed by atoms with Crippen molar-refractivity contribution in [2.45, 2.75) is 20.3 Å². The summed E-state index contributed by atoms with van der Waals surface area (Å²) in [6, 6.07) is 18.4. The molecule has 4 aromatic rings. The first-order valence-electron chi connectivity index (χ1n) is 16.3. The molecule has 12 heteroatoms.